The number of carbonyl (C=O) groups excluding carboxylic acids is 1. The number of halogens is 2. The average Bonchev–Trinajstić information content (AvgIpc) is 3.11. The third-order valence-electron chi connectivity index (χ3n) is 5.36. The Morgan fingerprint density at radius 3 is 2.35 bits per heavy atom. The molecule has 2 aromatic carbocycles. The standard InChI is InChI=1S/C23H20ClFN2O4/c24-22-20(25)17(9-10-26-22)21(29)19(28)11-27-23(30)31-12-18-15-7-3-1-5-13(15)14-6-2-4-8-16(14)18/h1-10,18-19,21,28-29H,11-12H2,(H,27,30). The van der Waals surface area contributed by atoms with Crippen molar-refractivity contribution in [2.75, 3.05) is 13.2 Å². The highest BCUT2D eigenvalue weighted by Gasteiger charge is 2.29. The van der Waals surface area contributed by atoms with Gasteiger partial charge in [0.05, 0.1) is 0 Å². The van der Waals surface area contributed by atoms with Crippen LogP contribution in [0.4, 0.5) is 9.18 Å². The number of pyridine rings is 1. The van der Waals surface area contributed by atoms with Gasteiger partial charge in [-0.05, 0) is 28.3 Å². The number of fused-ring (bicyclic) bond motifs is 3. The van der Waals surface area contributed by atoms with Gasteiger partial charge in [-0.15, -0.1) is 0 Å². The number of benzene rings is 2. The van der Waals surface area contributed by atoms with E-state index in [0.717, 1.165) is 22.3 Å². The Hall–Kier alpha value is -3.00. The molecular formula is C23H20ClFN2O4. The van der Waals surface area contributed by atoms with Gasteiger partial charge in [-0.1, -0.05) is 60.1 Å². The molecule has 0 saturated carbocycles. The van der Waals surface area contributed by atoms with Crippen molar-refractivity contribution in [2.24, 2.45) is 0 Å². The van der Waals surface area contributed by atoms with Gasteiger partial charge in [-0.3, -0.25) is 0 Å². The summed E-state index contributed by atoms with van der Waals surface area (Å²) in [5, 5.41) is 22.3. The first-order valence-electron chi connectivity index (χ1n) is 9.72. The van der Waals surface area contributed by atoms with E-state index in [-0.39, 0.29) is 24.6 Å². The predicted octanol–water partition coefficient (Wildman–Crippen LogP) is 3.81. The molecule has 3 N–H and O–H groups in total. The van der Waals surface area contributed by atoms with Crippen LogP contribution in [-0.4, -0.2) is 40.5 Å². The van der Waals surface area contributed by atoms with Gasteiger partial charge >= 0.3 is 6.09 Å². The van der Waals surface area contributed by atoms with Crippen LogP contribution in [0.1, 0.15) is 28.7 Å². The molecule has 4 rings (SSSR count). The number of hydrogen-bond acceptors (Lipinski definition) is 5. The van der Waals surface area contributed by atoms with Gasteiger partial charge in [0.25, 0.3) is 0 Å². The van der Waals surface area contributed by atoms with Crippen molar-refractivity contribution in [2.45, 2.75) is 18.1 Å². The molecule has 0 bridgehead atoms. The first-order valence-corrected chi connectivity index (χ1v) is 10.1. The van der Waals surface area contributed by atoms with E-state index in [1.54, 1.807) is 0 Å². The molecule has 0 fully saturated rings. The number of alkyl carbamates (subject to hydrolysis) is 1. The quantitative estimate of drug-likeness (QED) is 0.505. The number of hydrogen-bond donors (Lipinski definition) is 3. The van der Waals surface area contributed by atoms with E-state index in [1.807, 2.05) is 48.5 Å². The molecule has 2 unspecified atom stereocenters. The van der Waals surface area contributed by atoms with Gasteiger partial charge in [0.1, 0.15) is 18.8 Å². The molecule has 8 heteroatoms. The molecule has 1 aromatic heterocycles. The highest BCUT2D eigenvalue weighted by Crippen LogP contribution is 2.44. The monoisotopic (exact) mass is 442 g/mol. The molecule has 0 radical (unpaired) electrons. The number of aromatic nitrogens is 1. The molecule has 0 aliphatic heterocycles. The molecule has 160 valence electrons. The minimum absolute atomic E-state index is 0.0956. The highest BCUT2D eigenvalue weighted by atomic mass is 35.5. The van der Waals surface area contributed by atoms with Crippen LogP contribution in [0.15, 0.2) is 60.8 Å². The van der Waals surface area contributed by atoms with E-state index >= 15 is 0 Å². The lowest BCUT2D eigenvalue weighted by molar-refractivity contribution is 0.0165. The van der Waals surface area contributed by atoms with E-state index in [9.17, 15) is 19.4 Å². The summed E-state index contributed by atoms with van der Waals surface area (Å²) in [4.78, 5) is 15.7. The van der Waals surface area contributed by atoms with Gasteiger partial charge in [-0.2, -0.15) is 0 Å². The Morgan fingerprint density at radius 1 is 1.10 bits per heavy atom. The lowest BCUT2D eigenvalue weighted by Crippen LogP contribution is -2.36. The third kappa shape index (κ3) is 4.25. The van der Waals surface area contributed by atoms with Crippen molar-refractivity contribution in [3.63, 3.8) is 0 Å². The Morgan fingerprint density at radius 2 is 1.71 bits per heavy atom. The summed E-state index contributed by atoms with van der Waals surface area (Å²) in [5.41, 5.74) is 4.18. The highest BCUT2D eigenvalue weighted by molar-refractivity contribution is 6.29. The number of amides is 1. The zero-order chi connectivity index (χ0) is 22.0. The number of aliphatic hydroxyl groups excluding tert-OH is 2. The fourth-order valence-corrected chi connectivity index (χ4v) is 3.98. The van der Waals surface area contributed by atoms with Crippen LogP contribution < -0.4 is 5.32 Å². The van der Waals surface area contributed by atoms with Gasteiger partial charge in [-0.25, -0.2) is 14.2 Å². The van der Waals surface area contributed by atoms with Crippen molar-refractivity contribution in [1.29, 1.82) is 0 Å². The molecule has 6 nitrogen and oxygen atoms in total. The van der Waals surface area contributed by atoms with Gasteiger partial charge in [0.15, 0.2) is 11.0 Å². The van der Waals surface area contributed by atoms with Crippen molar-refractivity contribution in [1.82, 2.24) is 10.3 Å². The normalized spacial score (nSPS) is 14.5. The van der Waals surface area contributed by atoms with Crippen molar-refractivity contribution < 1.29 is 24.1 Å². The predicted molar refractivity (Wildman–Crippen MR) is 113 cm³/mol. The van der Waals surface area contributed by atoms with E-state index in [0.29, 0.717) is 0 Å². The zero-order valence-electron chi connectivity index (χ0n) is 16.3. The van der Waals surface area contributed by atoms with Crippen LogP contribution in [0.3, 0.4) is 0 Å². The second-order valence-corrected chi connectivity index (χ2v) is 7.58. The molecule has 1 aliphatic rings. The lowest BCUT2D eigenvalue weighted by atomic mass is 9.98. The lowest BCUT2D eigenvalue weighted by Gasteiger charge is -2.20. The van der Waals surface area contributed by atoms with Crippen molar-refractivity contribution in [3.05, 3.63) is 88.5 Å². The first-order chi connectivity index (χ1) is 15.0. The summed E-state index contributed by atoms with van der Waals surface area (Å²) < 4.78 is 19.3. The summed E-state index contributed by atoms with van der Waals surface area (Å²) >= 11 is 5.60. The average molecular weight is 443 g/mol. The number of ether oxygens (including phenoxy) is 1. The Balaban J connectivity index is 1.35. The van der Waals surface area contributed by atoms with Crippen LogP contribution in [0.25, 0.3) is 11.1 Å². The van der Waals surface area contributed by atoms with Crippen LogP contribution in [-0.2, 0) is 4.74 Å². The SMILES string of the molecule is O=C(NCC(O)C(O)c1ccnc(Cl)c1F)OCC1c2ccccc2-c2ccccc21. The van der Waals surface area contributed by atoms with Crippen molar-refractivity contribution in [3.8, 4) is 11.1 Å². The Kier molecular flexibility index (Phi) is 6.18. The topological polar surface area (TPSA) is 91.7 Å². The van der Waals surface area contributed by atoms with E-state index in [2.05, 4.69) is 10.3 Å². The van der Waals surface area contributed by atoms with Gasteiger partial charge in [0.2, 0.25) is 0 Å². The summed E-state index contributed by atoms with van der Waals surface area (Å²) in [5.74, 6) is -1.02. The van der Waals surface area contributed by atoms with Gasteiger partial charge < -0.3 is 20.3 Å². The fourth-order valence-electron chi connectivity index (χ4n) is 3.82. The maximum atomic E-state index is 14.0. The first kappa shape index (κ1) is 21.2. The molecule has 0 spiro atoms. The summed E-state index contributed by atoms with van der Waals surface area (Å²) in [6.45, 7) is -0.218. The number of nitrogens with one attached hydrogen (secondary N) is 1. The van der Waals surface area contributed by atoms with E-state index in [1.165, 1.54) is 12.3 Å². The van der Waals surface area contributed by atoms with E-state index in [4.69, 9.17) is 16.3 Å². The molecule has 1 aliphatic carbocycles. The molecule has 31 heavy (non-hydrogen) atoms. The second kappa shape index (κ2) is 9.01. The fraction of sp³-hybridized carbons (Fsp3) is 0.217. The Labute approximate surface area is 183 Å². The molecule has 3 aromatic rings. The van der Waals surface area contributed by atoms with Crippen LogP contribution in [0.5, 0.6) is 0 Å². The Bertz CT molecular complexity index is 1060. The number of aliphatic hydroxyl groups is 2. The van der Waals surface area contributed by atoms with Crippen LogP contribution >= 0.6 is 11.6 Å². The van der Waals surface area contributed by atoms with Crippen LogP contribution in [0.2, 0.25) is 5.15 Å². The minimum atomic E-state index is -1.59. The molecule has 2 atom stereocenters. The number of nitrogens with zero attached hydrogens (tertiary/aromatic N) is 1. The smallest absolute Gasteiger partial charge is 0.407 e. The number of carbonyl (C=O) groups is 1. The second-order valence-electron chi connectivity index (χ2n) is 7.22. The maximum absolute atomic E-state index is 14.0. The summed E-state index contributed by atoms with van der Waals surface area (Å²) in [6, 6.07) is 17.1. The minimum Gasteiger partial charge on any atom is -0.449 e. The summed E-state index contributed by atoms with van der Waals surface area (Å²) in [6.07, 6.45) is -2.58. The van der Waals surface area contributed by atoms with Gasteiger partial charge in [0, 0.05) is 24.2 Å². The van der Waals surface area contributed by atoms with Crippen LogP contribution in [0, 0.1) is 5.82 Å². The number of rotatable bonds is 6. The molecular weight excluding hydrogens is 423 g/mol. The van der Waals surface area contributed by atoms with Crippen molar-refractivity contribution >= 4 is 17.7 Å². The van der Waals surface area contributed by atoms with E-state index < -0.39 is 29.3 Å². The summed E-state index contributed by atoms with van der Waals surface area (Å²) in [7, 11) is 0. The molecule has 1 amide bonds. The maximum Gasteiger partial charge on any atom is 0.407 e. The zero-order valence-corrected chi connectivity index (χ0v) is 17.1. The third-order valence-corrected chi connectivity index (χ3v) is 5.62. The molecule has 0 saturated heterocycles. The molecule has 1 heterocycles. The largest absolute Gasteiger partial charge is 0.449 e.